The Labute approximate surface area is 145 Å². The molecule has 1 N–H and O–H groups in total. The summed E-state index contributed by atoms with van der Waals surface area (Å²) in [7, 11) is 0. The maximum atomic E-state index is 9.08. The van der Waals surface area contributed by atoms with Crippen LogP contribution in [0.15, 0.2) is 53.9 Å². The van der Waals surface area contributed by atoms with Crippen LogP contribution < -0.4 is 0 Å². The highest BCUT2D eigenvalue weighted by atomic mass is 32.1. The zero-order chi connectivity index (χ0) is 16.7. The molecule has 116 valence electrons. The molecular weight excluding hydrogens is 312 g/mol. The van der Waals surface area contributed by atoms with Crippen molar-refractivity contribution in [2.75, 3.05) is 0 Å². The van der Waals surface area contributed by atoms with Gasteiger partial charge in [0, 0.05) is 10.9 Å². The summed E-state index contributed by atoms with van der Waals surface area (Å²) >= 11 is 1.76. The van der Waals surface area contributed by atoms with Crippen LogP contribution in [0.3, 0.4) is 0 Å². The predicted molar refractivity (Wildman–Crippen MR) is 101 cm³/mol. The van der Waals surface area contributed by atoms with Gasteiger partial charge in [-0.25, -0.2) is 0 Å². The number of hydrogen-bond acceptors (Lipinski definition) is 2. The number of nitrogens with one attached hydrogen (secondary N) is 1. The lowest BCUT2D eigenvalue weighted by molar-refractivity contribution is 1.39. The smallest absolute Gasteiger partial charge is 0.0994 e. The van der Waals surface area contributed by atoms with Crippen molar-refractivity contribution in [3.63, 3.8) is 0 Å². The van der Waals surface area contributed by atoms with E-state index < -0.39 is 0 Å². The van der Waals surface area contributed by atoms with Crippen molar-refractivity contribution >= 4 is 22.2 Å². The van der Waals surface area contributed by atoms with E-state index >= 15 is 0 Å². The first kappa shape index (κ1) is 14.7. The summed E-state index contributed by atoms with van der Waals surface area (Å²) in [4.78, 5) is 4.81. The highest BCUT2D eigenvalue weighted by Crippen LogP contribution is 2.33. The lowest BCUT2D eigenvalue weighted by Gasteiger charge is -2.04. The van der Waals surface area contributed by atoms with E-state index in [4.69, 9.17) is 5.26 Å². The molecule has 24 heavy (non-hydrogen) atoms. The molecule has 0 bridgehead atoms. The van der Waals surface area contributed by atoms with Crippen LogP contribution in [-0.2, 0) is 0 Å². The van der Waals surface area contributed by atoms with Gasteiger partial charge in [-0.1, -0.05) is 18.2 Å². The molecule has 4 aromatic rings. The molecule has 2 aromatic heterocycles. The molecule has 2 aromatic carbocycles. The van der Waals surface area contributed by atoms with Crippen LogP contribution in [-0.4, -0.2) is 4.98 Å². The minimum Gasteiger partial charge on any atom is -0.354 e. The molecule has 4 rings (SSSR count). The minimum atomic E-state index is 0.733. The minimum absolute atomic E-state index is 0.733. The number of H-pyrrole nitrogens is 1. The molecule has 0 radical (unpaired) electrons. The van der Waals surface area contributed by atoms with E-state index in [-0.39, 0.29) is 0 Å². The Morgan fingerprint density at radius 2 is 1.71 bits per heavy atom. The van der Waals surface area contributed by atoms with Crippen molar-refractivity contribution in [3.8, 4) is 27.8 Å². The van der Waals surface area contributed by atoms with E-state index in [0.717, 1.165) is 22.2 Å². The number of hydrogen-bond donors (Lipinski definition) is 1. The molecule has 0 saturated heterocycles. The van der Waals surface area contributed by atoms with Gasteiger partial charge in [0.15, 0.2) is 0 Å². The molecule has 0 fully saturated rings. The average Bonchev–Trinajstić information content (AvgIpc) is 3.19. The topological polar surface area (TPSA) is 39.6 Å². The maximum Gasteiger partial charge on any atom is 0.0994 e. The van der Waals surface area contributed by atoms with E-state index in [2.05, 4.69) is 59.8 Å². The molecule has 0 saturated carbocycles. The third-order valence-electron chi connectivity index (χ3n) is 4.41. The molecular formula is C21H16N2S. The molecule has 2 nitrogen and oxygen atoms in total. The highest BCUT2D eigenvalue weighted by molar-refractivity contribution is 7.13. The summed E-state index contributed by atoms with van der Waals surface area (Å²) in [5.41, 5.74) is 7.68. The molecule has 0 aliphatic heterocycles. The van der Waals surface area contributed by atoms with Crippen LogP contribution in [0.2, 0.25) is 0 Å². The fourth-order valence-electron chi connectivity index (χ4n) is 3.05. The van der Waals surface area contributed by atoms with Gasteiger partial charge in [0.05, 0.1) is 22.2 Å². The van der Waals surface area contributed by atoms with Gasteiger partial charge in [-0.05, 0) is 71.8 Å². The average molecular weight is 328 g/mol. The number of nitrogens with zero attached hydrogens (tertiary/aromatic N) is 1. The quantitative estimate of drug-likeness (QED) is 0.478. The number of rotatable bonds is 2. The summed E-state index contributed by atoms with van der Waals surface area (Å²) in [6, 6.07) is 19.0. The second-order valence-corrected chi connectivity index (χ2v) is 6.98. The molecule has 2 heterocycles. The zero-order valence-electron chi connectivity index (χ0n) is 13.6. The molecule has 0 unspecified atom stereocenters. The second kappa shape index (κ2) is 5.67. The Morgan fingerprint density at radius 1 is 0.917 bits per heavy atom. The molecule has 0 amide bonds. The van der Waals surface area contributed by atoms with Crippen molar-refractivity contribution in [1.29, 1.82) is 5.26 Å². The Bertz CT molecular complexity index is 1090. The van der Waals surface area contributed by atoms with Crippen LogP contribution in [0.5, 0.6) is 0 Å². The number of benzene rings is 2. The Balaban J connectivity index is 1.80. The highest BCUT2D eigenvalue weighted by Gasteiger charge is 2.09. The molecule has 0 atom stereocenters. The fraction of sp³-hybridized carbons (Fsp3) is 0.0952. The first-order valence-electron chi connectivity index (χ1n) is 7.84. The number of aryl methyl sites for hydroxylation is 2. The summed E-state index contributed by atoms with van der Waals surface area (Å²) < 4.78 is 0. The molecule has 0 aliphatic rings. The van der Waals surface area contributed by atoms with Crippen LogP contribution in [0, 0.1) is 25.2 Å². The molecule has 0 spiro atoms. The Kier molecular flexibility index (Phi) is 3.48. The third-order valence-corrected chi connectivity index (χ3v) is 5.46. The largest absolute Gasteiger partial charge is 0.354 e. The first-order chi connectivity index (χ1) is 11.7. The van der Waals surface area contributed by atoms with Crippen molar-refractivity contribution < 1.29 is 0 Å². The Morgan fingerprint density at radius 3 is 2.42 bits per heavy atom. The first-order valence-corrected chi connectivity index (χ1v) is 8.72. The summed E-state index contributed by atoms with van der Waals surface area (Å²) in [5, 5.41) is 12.4. The number of fused-ring (bicyclic) bond motifs is 1. The lowest BCUT2D eigenvalue weighted by atomic mass is 9.99. The van der Waals surface area contributed by atoms with Gasteiger partial charge in [0.2, 0.25) is 0 Å². The number of aromatic amines is 1. The van der Waals surface area contributed by atoms with E-state index in [1.165, 1.54) is 27.1 Å². The zero-order valence-corrected chi connectivity index (χ0v) is 14.4. The summed E-state index contributed by atoms with van der Waals surface area (Å²) in [5.74, 6) is 0. The number of nitriles is 1. The van der Waals surface area contributed by atoms with Gasteiger partial charge >= 0.3 is 0 Å². The number of aromatic nitrogens is 1. The van der Waals surface area contributed by atoms with Crippen molar-refractivity contribution in [2.24, 2.45) is 0 Å². The van der Waals surface area contributed by atoms with Crippen LogP contribution >= 0.6 is 11.3 Å². The van der Waals surface area contributed by atoms with Gasteiger partial charge in [-0.3, -0.25) is 0 Å². The van der Waals surface area contributed by atoms with Crippen LogP contribution in [0.25, 0.3) is 32.6 Å². The lowest BCUT2D eigenvalue weighted by Crippen LogP contribution is -1.84. The maximum absolute atomic E-state index is 9.08. The predicted octanol–water partition coefficient (Wildman–Crippen LogP) is 6.05. The van der Waals surface area contributed by atoms with Crippen molar-refractivity contribution in [1.82, 2.24) is 4.98 Å². The van der Waals surface area contributed by atoms with Gasteiger partial charge in [0.25, 0.3) is 0 Å². The standard InChI is InChI=1S/C21H16N2S/c1-13-7-8-24-21(13)20-11-18-10-16(5-6-19(18)23-20)15-3-4-17(12-22)14(2)9-15/h3-11,23H,1-2H3. The van der Waals surface area contributed by atoms with E-state index in [9.17, 15) is 0 Å². The van der Waals surface area contributed by atoms with E-state index in [0.29, 0.717) is 0 Å². The van der Waals surface area contributed by atoms with Crippen LogP contribution in [0.4, 0.5) is 0 Å². The SMILES string of the molecule is Cc1cc(-c2ccc3[nH]c(-c4sccc4C)cc3c2)ccc1C#N. The molecule has 0 aliphatic carbocycles. The molecule has 3 heteroatoms. The van der Waals surface area contributed by atoms with Crippen molar-refractivity contribution in [3.05, 3.63) is 70.6 Å². The summed E-state index contributed by atoms with van der Waals surface area (Å²) in [6.45, 7) is 4.12. The third kappa shape index (κ3) is 2.42. The van der Waals surface area contributed by atoms with Crippen molar-refractivity contribution in [2.45, 2.75) is 13.8 Å². The van der Waals surface area contributed by atoms with Gasteiger partial charge < -0.3 is 4.98 Å². The van der Waals surface area contributed by atoms with E-state index in [1.807, 2.05) is 19.1 Å². The monoisotopic (exact) mass is 328 g/mol. The number of thiophene rings is 1. The van der Waals surface area contributed by atoms with E-state index in [1.54, 1.807) is 11.3 Å². The summed E-state index contributed by atoms with van der Waals surface area (Å²) in [6.07, 6.45) is 0. The Hall–Kier alpha value is -2.83. The second-order valence-electron chi connectivity index (χ2n) is 6.06. The fourth-order valence-corrected chi connectivity index (χ4v) is 3.95. The van der Waals surface area contributed by atoms with Gasteiger partial charge in [0.1, 0.15) is 0 Å². The van der Waals surface area contributed by atoms with Crippen LogP contribution in [0.1, 0.15) is 16.7 Å². The normalized spacial score (nSPS) is 10.9. The van der Waals surface area contributed by atoms with Gasteiger partial charge in [-0.15, -0.1) is 11.3 Å². The van der Waals surface area contributed by atoms with Gasteiger partial charge in [-0.2, -0.15) is 5.26 Å².